The van der Waals surface area contributed by atoms with Crippen molar-refractivity contribution < 1.29 is 19.4 Å². The maximum absolute atomic E-state index is 13.3. The second-order valence-corrected chi connectivity index (χ2v) is 7.84. The van der Waals surface area contributed by atoms with Crippen LogP contribution in [0.15, 0.2) is 17.9 Å². The lowest BCUT2D eigenvalue weighted by Gasteiger charge is -2.19. The Balaban J connectivity index is 1.72. The fraction of sp³-hybridized carbons (Fsp3) is 0.591. The van der Waals surface area contributed by atoms with Gasteiger partial charge in [0.2, 0.25) is 0 Å². The summed E-state index contributed by atoms with van der Waals surface area (Å²) < 4.78 is 11.3. The number of benzene rings is 1. The molecule has 3 aliphatic rings. The smallest absolute Gasteiger partial charge is 0.170 e. The number of aliphatic hydroxyl groups excluding tert-OH is 1. The van der Waals surface area contributed by atoms with Crippen LogP contribution < -0.4 is 0 Å². The first-order valence-electron chi connectivity index (χ1n) is 9.88. The molecule has 0 aromatic heterocycles. The topological polar surface area (TPSA) is 55.8 Å². The van der Waals surface area contributed by atoms with Crippen LogP contribution in [0.4, 0.5) is 0 Å². The van der Waals surface area contributed by atoms with E-state index in [-0.39, 0.29) is 29.8 Å². The molecule has 0 bridgehead atoms. The molecule has 4 nitrogen and oxygen atoms in total. The van der Waals surface area contributed by atoms with E-state index in [9.17, 15) is 9.90 Å². The molecule has 1 aliphatic heterocycles. The molecule has 1 saturated carbocycles. The minimum atomic E-state index is -0.207. The summed E-state index contributed by atoms with van der Waals surface area (Å²) in [6, 6.07) is 4.30. The molecule has 4 rings (SSSR count). The lowest BCUT2D eigenvalue weighted by atomic mass is 9.87. The van der Waals surface area contributed by atoms with Gasteiger partial charge in [-0.25, -0.2) is 0 Å². The molecule has 0 spiro atoms. The monoisotopic (exact) mass is 356 g/mol. The predicted octanol–water partition coefficient (Wildman–Crippen LogP) is 3.99. The number of aliphatic hydroxyl groups is 1. The van der Waals surface area contributed by atoms with Gasteiger partial charge < -0.3 is 14.6 Å². The number of hydrogen-bond acceptors (Lipinski definition) is 4. The van der Waals surface area contributed by atoms with E-state index in [0.29, 0.717) is 24.5 Å². The highest BCUT2D eigenvalue weighted by molar-refractivity contribution is 6.25. The molecule has 1 saturated heterocycles. The number of hydrogen-bond donors (Lipinski definition) is 1. The van der Waals surface area contributed by atoms with Gasteiger partial charge >= 0.3 is 0 Å². The van der Waals surface area contributed by atoms with Crippen molar-refractivity contribution in [3.8, 4) is 0 Å². The van der Waals surface area contributed by atoms with E-state index in [0.717, 1.165) is 42.4 Å². The Morgan fingerprint density at radius 3 is 2.15 bits per heavy atom. The minimum Gasteiger partial charge on any atom is -0.511 e. The molecule has 2 aliphatic carbocycles. The highest BCUT2D eigenvalue weighted by atomic mass is 16.7. The van der Waals surface area contributed by atoms with E-state index in [1.54, 1.807) is 0 Å². The summed E-state index contributed by atoms with van der Waals surface area (Å²) in [4.78, 5) is 13.3. The van der Waals surface area contributed by atoms with Crippen molar-refractivity contribution in [3.05, 3.63) is 40.1 Å². The number of Topliss-reactive ketones (excluding diaryl/α,β-unsaturated/α-hetero) is 1. The van der Waals surface area contributed by atoms with Gasteiger partial charge in [-0.3, -0.25) is 4.79 Å². The molecule has 26 heavy (non-hydrogen) atoms. The number of rotatable bonds is 4. The van der Waals surface area contributed by atoms with Gasteiger partial charge in [0.25, 0.3) is 0 Å². The molecular weight excluding hydrogens is 328 g/mol. The van der Waals surface area contributed by atoms with Crippen LogP contribution in [0.5, 0.6) is 0 Å². The highest BCUT2D eigenvalue weighted by Gasteiger charge is 2.51. The molecule has 0 amide bonds. The Morgan fingerprint density at radius 1 is 1.04 bits per heavy atom. The van der Waals surface area contributed by atoms with E-state index >= 15 is 0 Å². The quantitative estimate of drug-likeness (QED) is 0.886. The Kier molecular flexibility index (Phi) is 4.66. The van der Waals surface area contributed by atoms with Crippen LogP contribution in [0.2, 0.25) is 0 Å². The summed E-state index contributed by atoms with van der Waals surface area (Å²) in [6.45, 7) is 7.57. The molecular formula is C22H28O4. The minimum absolute atomic E-state index is 0.0778. The normalized spacial score (nSPS) is 29.0. The second-order valence-electron chi connectivity index (χ2n) is 7.84. The van der Waals surface area contributed by atoms with Crippen LogP contribution in [0.25, 0.3) is 5.57 Å². The van der Waals surface area contributed by atoms with Gasteiger partial charge in [0.1, 0.15) is 5.76 Å². The average Bonchev–Trinajstić information content (AvgIpc) is 3.34. The van der Waals surface area contributed by atoms with Crippen molar-refractivity contribution in [3.63, 3.8) is 0 Å². The van der Waals surface area contributed by atoms with Crippen molar-refractivity contribution in [1.82, 2.24) is 0 Å². The van der Waals surface area contributed by atoms with Gasteiger partial charge in [-0.05, 0) is 49.3 Å². The molecule has 140 valence electrons. The Labute approximate surface area is 155 Å². The molecule has 4 heteroatoms. The summed E-state index contributed by atoms with van der Waals surface area (Å²) in [5.41, 5.74) is 5.11. The third-order valence-corrected chi connectivity index (χ3v) is 6.28. The van der Waals surface area contributed by atoms with Gasteiger partial charge in [-0.1, -0.05) is 31.5 Å². The summed E-state index contributed by atoms with van der Waals surface area (Å²) in [5, 5.41) is 11.0. The van der Waals surface area contributed by atoms with Crippen molar-refractivity contribution in [2.75, 3.05) is 13.2 Å². The second kappa shape index (κ2) is 6.82. The van der Waals surface area contributed by atoms with Crippen LogP contribution in [0.1, 0.15) is 48.9 Å². The summed E-state index contributed by atoms with van der Waals surface area (Å²) >= 11 is 0. The van der Waals surface area contributed by atoms with Crippen LogP contribution in [0, 0.1) is 24.7 Å². The number of carbonyl (C=O) groups is 1. The van der Waals surface area contributed by atoms with Crippen LogP contribution in [0.3, 0.4) is 0 Å². The van der Waals surface area contributed by atoms with Gasteiger partial charge in [0.15, 0.2) is 12.1 Å². The van der Waals surface area contributed by atoms with Crippen molar-refractivity contribution in [2.24, 2.45) is 17.8 Å². The molecule has 2 fully saturated rings. The number of fused-ring (bicyclic) bond motifs is 1. The number of ketones is 1. The zero-order chi connectivity index (χ0) is 18.4. The third-order valence-electron chi connectivity index (χ3n) is 6.28. The molecule has 1 heterocycles. The first-order chi connectivity index (χ1) is 12.5. The van der Waals surface area contributed by atoms with Crippen LogP contribution in [-0.2, 0) is 27.1 Å². The zero-order valence-electron chi connectivity index (χ0n) is 15.9. The lowest BCUT2D eigenvalue weighted by molar-refractivity contribution is -0.117. The molecule has 1 aromatic carbocycles. The summed E-state index contributed by atoms with van der Waals surface area (Å²) in [7, 11) is 0. The number of ether oxygens (including phenoxy) is 2. The predicted molar refractivity (Wildman–Crippen MR) is 99.9 cm³/mol. The highest BCUT2D eigenvalue weighted by Crippen LogP contribution is 2.52. The molecule has 0 radical (unpaired) electrons. The summed E-state index contributed by atoms with van der Waals surface area (Å²) in [5.74, 6) is 0.411. The fourth-order valence-corrected chi connectivity index (χ4v) is 5.11. The average molecular weight is 356 g/mol. The van der Waals surface area contributed by atoms with E-state index < -0.39 is 0 Å². The number of carbonyl (C=O) groups excluding carboxylic acids is 1. The van der Waals surface area contributed by atoms with Crippen molar-refractivity contribution in [2.45, 2.75) is 52.7 Å². The molecule has 3 unspecified atom stereocenters. The zero-order valence-corrected chi connectivity index (χ0v) is 15.9. The Morgan fingerprint density at radius 2 is 1.62 bits per heavy atom. The summed E-state index contributed by atoms with van der Waals surface area (Å²) in [6.07, 6.45) is 3.02. The fourth-order valence-electron chi connectivity index (χ4n) is 5.11. The SMILES string of the molecule is CCc1cc(C)cc(CC)c1C1=C(O)C2CC(C3OCCO3)CC2C1=O. The van der Waals surface area contributed by atoms with Gasteiger partial charge in [0.05, 0.1) is 18.8 Å². The Bertz CT molecular complexity index is 732. The van der Waals surface area contributed by atoms with E-state index in [1.165, 1.54) is 5.56 Å². The standard InChI is InChI=1S/C22H28O4/c1-4-13-8-12(3)9-14(5-2)18(13)19-20(23)16-10-15(11-17(16)21(19)24)22-25-6-7-26-22/h8-9,15-17,22-23H,4-7,10-11H2,1-3H3. The maximum Gasteiger partial charge on any atom is 0.170 e. The van der Waals surface area contributed by atoms with E-state index in [1.807, 2.05) is 0 Å². The number of aryl methyl sites for hydroxylation is 3. The van der Waals surface area contributed by atoms with Gasteiger partial charge in [0, 0.05) is 17.8 Å². The molecule has 1 N–H and O–H groups in total. The van der Waals surface area contributed by atoms with Gasteiger partial charge in [-0.15, -0.1) is 0 Å². The van der Waals surface area contributed by atoms with Crippen molar-refractivity contribution >= 4 is 11.4 Å². The van der Waals surface area contributed by atoms with E-state index in [2.05, 4.69) is 32.9 Å². The third kappa shape index (κ3) is 2.71. The lowest BCUT2D eigenvalue weighted by Crippen LogP contribution is -2.20. The van der Waals surface area contributed by atoms with Gasteiger partial charge in [-0.2, -0.15) is 0 Å². The molecule has 3 atom stereocenters. The first kappa shape index (κ1) is 17.7. The van der Waals surface area contributed by atoms with Crippen LogP contribution in [-0.4, -0.2) is 30.4 Å². The number of allylic oxidation sites excluding steroid dienone is 2. The Hall–Kier alpha value is -1.65. The molecule has 1 aromatic rings. The maximum atomic E-state index is 13.3. The first-order valence-corrected chi connectivity index (χ1v) is 9.88. The van der Waals surface area contributed by atoms with E-state index in [4.69, 9.17) is 9.47 Å². The van der Waals surface area contributed by atoms with Crippen molar-refractivity contribution in [1.29, 1.82) is 0 Å². The largest absolute Gasteiger partial charge is 0.511 e. The van der Waals surface area contributed by atoms with Crippen LogP contribution >= 0.6 is 0 Å².